The molecule has 1 saturated carbocycles. The van der Waals surface area contributed by atoms with Crippen LogP contribution in [-0.4, -0.2) is 41.0 Å². The summed E-state index contributed by atoms with van der Waals surface area (Å²) < 4.78 is 0. The van der Waals surface area contributed by atoms with Gasteiger partial charge in [0, 0.05) is 19.2 Å². The number of amides is 2. The summed E-state index contributed by atoms with van der Waals surface area (Å²) >= 11 is 0. The summed E-state index contributed by atoms with van der Waals surface area (Å²) in [5.74, 6) is 0.639. The van der Waals surface area contributed by atoms with E-state index in [1.54, 1.807) is 0 Å². The molecule has 1 unspecified atom stereocenters. The number of aliphatic hydroxyl groups is 2. The summed E-state index contributed by atoms with van der Waals surface area (Å²) in [5.41, 5.74) is -0.484. The molecule has 1 aliphatic rings. The number of urea groups is 1. The van der Waals surface area contributed by atoms with E-state index in [-0.39, 0.29) is 24.1 Å². The molecule has 0 spiro atoms. The Kier molecular flexibility index (Phi) is 7.13. The van der Waals surface area contributed by atoms with Gasteiger partial charge in [-0.3, -0.25) is 0 Å². The Morgan fingerprint density at radius 1 is 1.32 bits per heavy atom. The maximum atomic E-state index is 11.8. The van der Waals surface area contributed by atoms with Crippen molar-refractivity contribution in [3.05, 3.63) is 0 Å². The maximum absolute atomic E-state index is 11.8. The molecule has 0 aromatic heterocycles. The third kappa shape index (κ3) is 6.53. The summed E-state index contributed by atoms with van der Waals surface area (Å²) in [7, 11) is 0. The van der Waals surface area contributed by atoms with Crippen molar-refractivity contribution in [2.45, 2.75) is 77.9 Å². The molecule has 0 aliphatic heterocycles. The third-order valence-electron chi connectivity index (χ3n) is 4.89. The molecule has 0 radical (unpaired) electrons. The molecule has 22 heavy (non-hydrogen) atoms. The molecule has 0 aromatic rings. The van der Waals surface area contributed by atoms with Gasteiger partial charge in [0.05, 0.1) is 5.60 Å². The van der Waals surface area contributed by atoms with Crippen molar-refractivity contribution in [2.24, 2.45) is 11.3 Å². The minimum absolute atomic E-state index is 0.0263. The number of nitrogens with one attached hydrogen (secondary N) is 2. The van der Waals surface area contributed by atoms with Gasteiger partial charge < -0.3 is 20.8 Å². The number of hydrogen-bond donors (Lipinski definition) is 4. The second-order valence-electron chi connectivity index (χ2n) is 7.96. The predicted octanol–water partition coefficient (Wildman–Crippen LogP) is 2.41. The van der Waals surface area contributed by atoms with Crippen molar-refractivity contribution in [2.75, 3.05) is 13.2 Å². The van der Waals surface area contributed by atoms with E-state index in [1.807, 2.05) is 6.92 Å². The van der Waals surface area contributed by atoms with E-state index in [2.05, 4.69) is 31.4 Å². The second kappa shape index (κ2) is 8.16. The standard InChI is InChI=1S/C17H34N2O3/c1-13(6-5-11-20)19-15(21)18-12-17(22)9-7-14(8-10-17)16(2,3)4/h13-14,20,22H,5-12H2,1-4H3,(H2,18,19,21). The van der Waals surface area contributed by atoms with Crippen LogP contribution in [0.2, 0.25) is 0 Å². The highest BCUT2D eigenvalue weighted by atomic mass is 16.3. The van der Waals surface area contributed by atoms with Gasteiger partial charge >= 0.3 is 6.03 Å². The molecule has 1 rings (SSSR count). The summed E-state index contributed by atoms with van der Waals surface area (Å²) in [6.07, 6.45) is 4.94. The second-order valence-corrected chi connectivity index (χ2v) is 7.96. The van der Waals surface area contributed by atoms with E-state index in [1.165, 1.54) is 0 Å². The topological polar surface area (TPSA) is 81.6 Å². The van der Waals surface area contributed by atoms with Crippen molar-refractivity contribution >= 4 is 6.03 Å². The fourth-order valence-corrected chi connectivity index (χ4v) is 3.19. The first kappa shape index (κ1) is 19.2. The molecule has 0 aromatic carbocycles. The first-order chi connectivity index (χ1) is 10.2. The van der Waals surface area contributed by atoms with E-state index < -0.39 is 5.60 Å². The lowest BCUT2D eigenvalue weighted by molar-refractivity contribution is -0.0219. The van der Waals surface area contributed by atoms with Crippen LogP contribution in [0.1, 0.15) is 66.2 Å². The van der Waals surface area contributed by atoms with Crippen molar-refractivity contribution in [3.8, 4) is 0 Å². The zero-order valence-corrected chi connectivity index (χ0v) is 14.6. The summed E-state index contributed by atoms with van der Waals surface area (Å²) in [4.78, 5) is 11.8. The zero-order valence-electron chi connectivity index (χ0n) is 14.6. The van der Waals surface area contributed by atoms with Gasteiger partial charge in [0.15, 0.2) is 0 Å². The van der Waals surface area contributed by atoms with Gasteiger partial charge in [0.1, 0.15) is 0 Å². The summed E-state index contributed by atoms with van der Waals surface area (Å²) in [6.45, 7) is 9.12. The average molecular weight is 314 g/mol. The van der Waals surface area contributed by atoms with Crippen LogP contribution >= 0.6 is 0 Å². The van der Waals surface area contributed by atoms with Crippen LogP contribution in [0.5, 0.6) is 0 Å². The van der Waals surface area contributed by atoms with Gasteiger partial charge in [-0.25, -0.2) is 4.79 Å². The quantitative estimate of drug-likeness (QED) is 0.608. The number of hydrogen-bond acceptors (Lipinski definition) is 3. The molecule has 130 valence electrons. The monoisotopic (exact) mass is 314 g/mol. The lowest BCUT2D eigenvalue weighted by Gasteiger charge is -2.41. The number of rotatable bonds is 6. The fraction of sp³-hybridized carbons (Fsp3) is 0.941. The minimum atomic E-state index is -0.770. The van der Waals surface area contributed by atoms with E-state index in [9.17, 15) is 9.90 Å². The molecular weight excluding hydrogens is 280 g/mol. The third-order valence-corrected chi connectivity index (χ3v) is 4.89. The van der Waals surface area contributed by atoms with Crippen LogP contribution in [0, 0.1) is 11.3 Å². The summed E-state index contributed by atoms with van der Waals surface area (Å²) in [5, 5.41) is 25.0. The first-order valence-electron chi connectivity index (χ1n) is 8.54. The molecule has 0 heterocycles. The molecule has 2 amide bonds. The van der Waals surface area contributed by atoms with Crippen LogP contribution in [0.3, 0.4) is 0 Å². The number of carbonyl (C=O) groups is 1. The van der Waals surface area contributed by atoms with Gasteiger partial charge in [-0.15, -0.1) is 0 Å². The van der Waals surface area contributed by atoms with Gasteiger partial charge in [0.2, 0.25) is 0 Å². The lowest BCUT2D eigenvalue weighted by atomic mass is 9.68. The van der Waals surface area contributed by atoms with Gasteiger partial charge in [-0.05, 0) is 56.8 Å². The Hall–Kier alpha value is -0.810. The van der Waals surface area contributed by atoms with Crippen LogP contribution in [0.4, 0.5) is 4.79 Å². The smallest absolute Gasteiger partial charge is 0.315 e. The average Bonchev–Trinajstić information content (AvgIpc) is 2.42. The fourth-order valence-electron chi connectivity index (χ4n) is 3.19. The van der Waals surface area contributed by atoms with Crippen LogP contribution < -0.4 is 10.6 Å². The van der Waals surface area contributed by atoms with Gasteiger partial charge in [-0.1, -0.05) is 20.8 Å². The van der Waals surface area contributed by atoms with Crippen LogP contribution in [-0.2, 0) is 0 Å². The molecule has 0 saturated heterocycles. The molecule has 1 atom stereocenters. The van der Waals surface area contributed by atoms with Gasteiger partial charge in [0.25, 0.3) is 0 Å². The van der Waals surface area contributed by atoms with E-state index in [0.29, 0.717) is 18.9 Å². The highest BCUT2D eigenvalue weighted by molar-refractivity contribution is 5.74. The van der Waals surface area contributed by atoms with Crippen LogP contribution in [0.15, 0.2) is 0 Å². The Morgan fingerprint density at radius 2 is 1.91 bits per heavy atom. The van der Waals surface area contributed by atoms with E-state index >= 15 is 0 Å². The minimum Gasteiger partial charge on any atom is -0.396 e. The molecular formula is C17H34N2O3. The SMILES string of the molecule is CC(CCCO)NC(=O)NCC1(O)CCC(C(C)(C)C)CC1. The largest absolute Gasteiger partial charge is 0.396 e. The number of carbonyl (C=O) groups excluding carboxylic acids is 1. The molecule has 5 nitrogen and oxygen atoms in total. The Balaban J connectivity index is 2.31. The molecule has 1 fully saturated rings. The van der Waals surface area contributed by atoms with Crippen molar-refractivity contribution in [1.29, 1.82) is 0 Å². The van der Waals surface area contributed by atoms with Crippen molar-refractivity contribution in [3.63, 3.8) is 0 Å². The molecule has 0 bridgehead atoms. The predicted molar refractivity (Wildman–Crippen MR) is 88.7 cm³/mol. The Labute approximate surface area is 134 Å². The summed E-state index contributed by atoms with van der Waals surface area (Å²) in [6, 6.07) is -0.213. The van der Waals surface area contributed by atoms with E-state index in [4.69, 9.17) is 5.11 Å². The molecule has 1 aliphatic carbocycles. The first-order valence-corrected chi connectivity index (χ1v) is 8.54. The van der Waals surface area contributed by atoms with Crippen molar-refractivity contribution < 1.29 is 15.0 Å². The van der Waals surface area contributed by atoms with Crippen LogP contribution in [0.25, 0.3) is 0 Å². The molecule has 5 heteroatoms. The van der Waals surface area contributed by atoms with Gasteiger partial charge in [-0.2, -0.15) is 0 Å². The lowest BCUT2D eigenvalue weighted by Crippen LogP contribution is -2.50. The highest BCUT2D eigenvalue weighted by Gasteiger charge is 2.37. The Bertz CT molecular complexity index is 344. The van der Waals surface area contributed by atoms with E-state index in [0.717, 1.165) is 32.1 Å². The number of aliphatic hydroxyl groups excluding tert-OH is 1. The normalized spacial score (nSPS) is 27.3. The highest BCUT2D eigenvalue weighted by Crippen LogP contribution is 2.41. The van der Waals surface area contributed by atoms with Crippen molar-refractivity contribution in [1.82, 2.24) is 10.6 Å². The maximum Gasteiger partial charge on any atom is 0.315 e. The zero-order chi connectivity index (χ0) is 16.8. The molecule has 4 N–H and O–H groups in total. The Morgan fingerprint density at radius 3 is 2.41 bits per heavy atom.